The number of aromatic nitrogens is 2. The Morgan fingerprint density at radius 1 is 1.25 bits per heavy atom. The predicted octanol–water partition coefficient (Wildman–Crippen LogP) is 2.09. The number of likely N-dealkylation sites (tertiary alicyclic amines) is 1. The Kier molecular flexibility index (Phi) is 4.89. The number of ether oxygens (including phenoxy) is 1. The van der Waals surface area contributed by atoms with Gasteiger partial charge < -0.3 is 14.7 Å². The summed E-state index contributed by atoms with van der Waals surface area (Å²) >= 11 is 0. The number of hydrogen-bond acceptors (Lipinski definition) is 4. The first kappa shape index (κ1) is 17.0. The van der Waals surface area contributed by atoms with Crippen LogP contribution in [-0.2, 0) is 9.53 Å². The normalized spacial score (nSPS) is 21.6. The molecule has 24 heavy (non-hydrogen) atoms. The summed E-state index contributed by atoms with van der Waals surface area (Å²) in [5.41, 5.74) is -0.429. The third kappa shape index (κ3) is 3.17. The lowest BCUT2D eigenvalue weighted by Crippen LogP contribution is -2.53. The van der Waals surface area contributed by atoms with Gasteiger partial charge in [-0.15, -0.1) is 0 Å². The Labute approximate surface area is 141 Å². The molecule has 2 heterocycles. The average Bonchev–Trinajstić information content (AvgIpc) is 3.12. The molecule has 0 aromatic carbocycles. The second-order valence-corrected chi connectivity index (χ2v) is 6.80. The van der Waals surface area contributed by atoms with Crippen molar-refractivity contribution in [2.45, 2.75) is 56.6 Å². The molecule has 1 saturated carbocycles. The summed E-state index contributed by atoms with van der Waals surface area (Å²) in [5.74, 6) is -0.844. The first-order valence-corrected chi connectivity index (χ1v) is 8.68. The number of carbonyl (C=O) groups is 2. The fraction of sp³-hybridized carbons (Fsp3) is 0.706. The summed E-state index contributed by atoms with van der Waals surface area (Å²) in [6.07, 6.45) is 9.39. The molecule has 0 atom stereocenters. The highest BCUT2D eigenvalue weighted by atomic mass is 16.5. The third-order valence-corrected chi connectivity index (χ3v) is 5.42. The molecule has 0 unspecified atom stereocenters. The molecule has 0 bridgehead atoms. The third-order valence-electron chi connectivity index (χ3n) is 5.42. The second-order valence-electron chi connectivity index (χ2n) is 6.80. The topological polar surface area (TPSA) is 84.7 Å². The Morgan fingerprint density at radius 3 is 2.46 bits per heavy atom. The van der Waals surface area contributed by atoms with Gasteiger partial charge in [0.05, 0.1) is 17.8 Å². The van der Waals surface area contributed by atoms with Gasteiger partial charge in [-0.2, -0.15) is 5.10 Å². The maximum atomic E-state index is 12.9. The minimum atomic E-state index is -0.965. The monoisotopic (exact) mass is 335 g/mol. The van der Waals surface area contributed by atoms with Crippen LogP contribution in [0, 0.1) is 0 Å². The number of carboxylic acid groups (broad SMARTS) is 1. The number of piperidine rings is 1. The number of carboxylic acids is 1. The maximum absolute atomic E-state index is 12.9. The van der Waals surface area contributed by atoms with Crippen LogP contribution in [0.4, 0.5) is 0 Å². The van der Waals surface area contributed by atoms with E-state index in [1.54, 1.807) is 18.0 Å². The van der Waals surface area contributed by atoms with Gasteiger partial charge in [-0.1, -0.05) is 19.3 Å². The molecule has 0 spiro atoms. The fourth-order valence-corrected chi connectivity index (χ4v) is 3.90. The van der Waals surface area contributed by atoms with Crippen LogP contribution >= 0.6 is 0 Å². The van der Waals surface area contributed by atoms with Crippen molar-refractivity contribution >= 4 is 11.9 Å². The van der Waals surface area contributed by atoms with E-state index >= 15 is 0 Å². The van der Waals surface area contributed by atoms with Crippen LogP contribution in [0.15, 0.2) is 12.4 Å². The summed E-state index contributed by atoms with van der Waals surface area (Å²) in [7, 11) is 1.65. The summed E-state index contributed by atoms with van der Waals surface area (Å²) in [5, 5.41) is 13.1. The molecule has 2 aliphatic rings. The van der Waals surface area contributed by atoms with Crippen LogP contribution in [0.25, 0.3) is 0 Å². The lowest BCUT2D eigenvalue weighted by Gasteiger charge is -2.41. The minimum absolute atomic E-state index is 0.120. The van der Waals surface area contributed by atoms with Crippen LogP contribution in [0.2, 0.25) is 0 Å². The molecule has 1 aliphatic carbocycles. The maximum Gasteiger partial charge on any atom is 0.338 e. The van der Waals surface area contributed by atoms with Crippen LogP contribution < -0.4 is 0 Å². The van der Waals surface area contributed by atoms with Crippen molar-refractivity contribution in [3.63, 3.8) is 0 Å². The molecule has 3 rings (SSSR count). The standard InChI is InChI=1S/C17H25N3O4/c1-24-17(7-3-2-4-8-17)16(23)19-9-5-14(6-10-19)20-12-13(11-18-20)15(21)22/h11-12,14H,2-10H2,1H3,(H,21,22). The van der Waals surface area contributed by atoms with Gasteiger partial charge in [0.15, 0.2) is 0 Å². The summed E-state index contributed by atoms with van der Waals surface area (Å²) < 4.78 is 7.38. The van der Waals surface area contributed by atoms with Gasteiger partial charge in [0.1, 0.15) is 5.60 Å². The van der Waals surface area contributed by atoms with Crippen molar-refractivity contribution in [2.75, 3.05) is 20.2 Å². The van der Waals surface area contributed by atoms with Crippen molar-refractivity contribution in [3.8, 4) is 0 Å². The van der Waals surface area contributed by atoms with Gasteiger partial charge in [0.2, 0.25) is 0 Å². The van der Waals surface area contributed by atoms with E-state index in [2.05, 4.69) is 5.10 Å². The molecule has 1 aliphatic heterocycles. The van der Waals surface area contributed by atoms with Crippen molar-refractivity contribution < 1.29 is 19.4 Å². The molecule has 1 saturated heterocycles. The van der Waals surface area contributed by atoms with E-state index in [0.29, 0.717) is 13.1 Å². The van der Waals surface area contributed by atoms with E-state index in [0.717, 1.165) is 38.5 Å². The van der Waals surface area contributed by atoms with Crippen LogP contribution in [-0.4, -0.2) is 57.5 Å². The Hall–Kier alpha value is -1.89. The quantitative estimate of drug-likeness (QED) is 0.911. The number of aromatic carboxylic acids is 1. The largest absolute Gasteiger partial charge is 0.478 e. The van der Waals surface area contributed by atoms with Crippen molar-refractivity contribution in [3.05, 3.63) is 18.0 Å². The van der Waals surface area contributed by atoms with Crippen LogP contribution in [0.3, 0.4) is 0 Å². The smallest absolute Gasteiger partial charge is 0.338 e. The zero-order valence-corrected chi connectivity index (χ0v) is 14.1. The molecule has 132 valence electrons. The van der Waals surface area contributed by atoms with Crippen molar-refractivity contribution in [1.29, 1.82) is 0 Å². The number of carbonyl (C=O) groups excluding carboxylic acids is 1. The van der Waals surface area contributed by atoms with Gasteiger partial charge in [0.25, 0.3) is 5.91 Å². The van der Waals surface area contributed by atoms with E-state index in [1.807, 2.05) is 4.90 Å². The van der Waals surface area contributed by atoms with Crippen molar-refractivity contribution in [2.24, 2.45) is 0 Å². The number of amides is 1. The molecule has 0 radical (unpaired) electrons. The van der Waals surface area contributed by atoms with Gasteiger partial charge in [-0.05, 0) is 25.7 Å². The highest BCUT2D eigenvalue weighted by Crippen LogP contribution is 2.34. The van der Waals surface area contributed by atoms with E-state index < -0.39 is 11.6 Å². The van der Waals surface area contributed by atoms with Crippen molar-refractivity contribution in [1.82, 2.24) is 14.7 Å². The van der Waals surface area contributed by atoms with E-state index in [9.17, 15) is 9.59 Å². The number of hydrogen-bond donors (Lipinski definition) is 1. The molecular weight excluding hydrogens is 310 g/mol. The van der Waals surface area contributed by atoms with Gasteiger partial charge in [-0.3, -0.25) is 9.48 Å². The zero-order chi connectivity index (χ0) is 17.2. The van der Waals surface area contributed by atoms with E-state index in [-0.39, 0.29) is 17.5 Å². The number of methoxy groups -OCH3 is 1. The lowest BCUT2D eigenvalue weighted by molar-refractivity contribution is -0.160. The number of rotatable bonds is 4. The SMILES string of the molecule is COC1(C(=O)N2CCC(n3cc(C(=O)O)cn3)CC2)CCCCC1. The molecule has 1 aromatic heterocycles. The number of nitrogens with zero attached hydrogens (tertiary/aromatic N) is 3. The van der Waals surface area contributed by atoms with E-state index in [4.69, 9.17) is 9.84 Å². The first-order chi connectivity index (χ1) is 11.6. The summed E-state index contributed by atoms with van der Waals surface area (Å²) in [6, 6.07) is 0.145. The molecule has 7 nitrogen and oxygen atoms in total. The first-order valence-electron chi connectivity index (χ1n) is 8.68. The summed E-state index contributed by atoms with van der Waals surface area (Å²) in [4.78, 5) is 25.8. The Balaban J connectivity index is 1.61. The van der Waals surface area contributed by atoms with Crippen LogP contribution in [0.5, 0.6) is 0 Å². The Bertz CT molecular complexity index is 599. The fourth-order valence-electron chi connectivity index (χ4n) is 3.90. The highest BCUT2D eigenvalue weighted by Gasteiger charge is 2.43. The second kappa shape index (κ2) is 6.93. The molecular formula is C17H25N3O4. The Morgan fingerprint density at radius 2 is 1.92 bits per heavy atom. The van der Waals surface area contributed by atoms with Gasteiger partial charge in [0, 0.05) is 26.4 Å². The van der Waals surface area contributed by atoms with E-state index in [1.165, 1.54) is 12.6 Å². The zero-order valence-electron chi connectivity index (χ0n) is 14.1. The summed E-state index contributed by atoms with van der Waals surface area (Å²) in [6.45, 7) is 1.33. The molecule has 1 N–H and O–H groups in total. The molecule has 2 fully saturated rings. The average molecular weight is 335 g/mol. The lowest BCUT2D eigenvalue weighted by atomic mass is 9.83. The molecule has 7 heteroatoms. The highest BCUT2D eigenvalue weighted by molar-refractivity contribution is 5.87. The molecule has 1 amide bonds. The van der Waals surface area contributed by atoms with Gasteiger partial charge in [-0.25, -0.2) is 4.79 Å². The predicted molar refractivity (Wildman–Crippen MR) is 86.9 cm³/mol. The van der Waals surface area contributed by atoms with Crippen LogP contribution in [0.1, 0.15) is 61.3 Å². The molecule has 1 aromatic rings. The minimum Gasteiger partial charge on any atom is -0.478 e. The van der Waals surface area contributed by atoms with Gasteiger partial charge >= 0.3 is 5.97 Å².